The Balaban J connectivity index is 1.56. The zero-order chi connectivity index (χ0) is 23.6. The molecule has 0 heterocycles. The summed E-state index contributed by atoms with van der Waals surface area (Å²) in [5, 5.41) is 5.09. The molecule has 1 amide bonds. The van der Waals surface area contributed by atoms with Crippen LogP contribution in [-0.2, 0) is 16.6 Å². The minimum Gasteiger partial charge on any atom is -0.348 e. The third kappa shape index (κ3) is 5.07. The molecule has 0 saturated heterocycles. The molecule has 0 atom stereocenters. The van der Waals surface area contributed by atoms with Crippen molar-refractivity contribution in [1.82, 2.24) is 5.32 Å². The summed E-state index contributed by atoms with van der Waals surface area (Å²) in [5.74, 6) is -0.328. The van der Waals surface area contributed by atoms with E-state index in [9.17, 15) is 13.2 Å². The lowest BCUT2D eigenvalue weighted by molar-refractivity contribution is 0.0951. The van der Waals surface area contributed by atoms with E-state index in [1.165, 1.54) is 6.07 Å². The molecule has 6 heteroatoms. The molecule has 0 spiro atoms. The van der Waals surface area contributed by atoms with Gasteiger partial charge in [-0.1, -0.05) is 54.6 Å². The van der Waals surface area contributed by atoms with Crippen LogP contribution in [-0.4, -0.2) is 14.3 Å². The van der Waals surface area contributed by atoms with Gasteiger partial charge in [0.15, 0.2) is 0 Å². The lowest BCUT2D eigenvalue weighted by Gasteiger charge is -2.13. The van der Waals surface area contributed by atoms with Crippen molar-refractivity contribution < 1.29 is 13.2 Å². The van der Waals surface area contributed by atoms with Crippen LogP contribution in [0.3, 0.4) is 0 Å². The highest BCUT2D eigenvalue weighted by Crippen LogP contribution is 2.23. The van der Waals surface area contributed by atoms with E-state index in [4.69, 9.17) is 0 Å². The summed E-state index contributed by atoms with van der Waals surface area (Å²) in [6.07, 6.45) is 0. The first kappa shape index (κ1) is 22.6. The van der Waals surface area contributed by atoms with Gasteiger partial charge in [0.25, 0.3) is 15.9 Å². The molecule has 0 unspecified atom stereocenters. The normalized spacial score (nSPS) is 11.4. The maximum atomic E-state index is 13.1. The molecule has 4 aromatic carbocycles. The number of carbonyl (C=O) groups excluding carboxylic acids is 1. The summed E-state index contributed by atoms with van der Waals surface area (Å²) < 4.78 is 28.8. The lowest BCUT2D eigenvalue weighted by atomic mass is 10.0. The number of rotatable bonds is 6. The molecule has 0 aliphatic carbocycles. The van der Waals surface area contributed by atoms with Gasteiger partial charge < -0.3 is 5.32 Å². The Morgan fingerprint density at radius 1 is 0.818 bits per heavy atom. The molecule has 0 radical (unpaired) electrons. The Morgan fingerprint density at radius 3 is 2.27 bits per heavy atom. The monoisotopic (exact) mass is 458 g/mol. The number of anilines is 1. The zero-order valence-corrected chi connectivity index (χ0v) is 19.7. The molecule has 168 valence electrons. The molecule has 33 heavy (non-hydrogen) atoms. The number of aryl methyl sites for hydroxylation is 3. The fraction of sp³-hybridized carbons (Fsp3) is 0.148. The van der Waals surface area contributed by atoms with Crippen molar-refractivity contribution in [2.24, 2.45) is 0 Å². The van der Waals surface area contributed by atoms with E-state index in [0.717, 1.165) is 27.5 Å². The van der Waals surface area contributed by atoms with Crippen molar-refractivity contribution in [3.05, 3.63) is 107 Å². The van der Waals surface area contributed by atoms with Crippen molar-refractivity contribution in [1.29, 1.82) is 0 Å². The van der Waals surface area contributed by atoms with Crippen molar-refractivity contribution in [2.45, 2.75) is 32.2 Å². The summed E-state index contributed by atoms with van der Waals surface area (Å²) in [5.41, 5.74) is 4.28. The number of nitrogens with one attached hydrogen (secondary N) is 2. The van der Waals surface area contributed by atoms with Gasteiger partial charge in [-0.2, -0.15) is 0 Å². The average molecular weight is 459 g/mol. The number of fused-ring (bicyclic) bond motifs is 1. The number of carbonyl (C=O) groups is 1. The van der Waals surface area contributed by atoms with E-state index < -0.39 is 10.0 Å². The topological polar surface area (TPSA) is 75.3 Å². The van der Waals surface area contributed by atoms with Crippen LogP contribution < -0.4 is 10.0 Å². The lowest BCUT2D eigenvalue weighted by Crippen LogP contribution is -2.23. The van der Waals surface area contributed by atoms with Crippen molar-refractivity contribution in [3.63, 3.8) is 0 Å². The van der Waals surface area contributed by atoms with Gasteiger partial charge in [0.05, 0.1) is 4.90 Å². The second-order valence-electron chi connectivity index (χ2n) is 8.28. The Morgan fingerprint density at radius 2 is 1.52 bits per heavy atom. The maximum Gasteiger partial charge on any atom is 0.262 e. The average Bonchev–Trinajstić information content (AvgIpc) is 2.76. The molecule has 5 nitrogen and oxygen atoms in total. The predicted molar refractivity (Wildman–Crippen MR) is 133 cm³/mol. The molecule has 4 aromatic rings. The second kappa shape index (κ2) is 9.08. The highest BCUT2D eigenvalue weighted by molar-refractivity contribution is 7.92. The van der Waals surface area contributed by atoms with Crippen LogP contribution in [0.1, 0.15) is 32.6 Å². The summed E-state index contributed by atoms with van der Waals surface area (Å²) >= 11 is 0. The fourth-order valence-electron chi connectivity index (χ4n) is 4.00. The Hall–Kier alpha value is -3.64. The molecule has 0 fully saturated rings. The number of hydrogen-bond donors (Lipinski definition) is 2. The predicted octanol–water partition coefficient (Wildman–Crippen LogP) is 5.50. The maximum absolute atomic E-state index is 13.1. The minimum absolute atomic E-state index is 0.0828. The Labute approximate surface area is 194 Å². The van der Waals surface area contributed by atoms with E-state index in [2.05, 4.69) is 10.0 Å². The van der Waals surface area contributed by atoms with Crippen LogP contribution in [0.25, 0.3) is 10.8 Å². The molecular weight excluding hydrogens is 432 g/mol. The Kier molecular flexibility index (Phi) is 6.20. The van der Waals surface area contributed by atoms with Gasteiger partial charge in [0.1, 0.15) is 0 Å². The van der Waals surface area contributed by atoms with Crippen LogP contribution in [0.2, 0.25) is 0 Å². The molecule has 0 aliphatic heterocycles. The van der Waals surface area contributed by atoms with Gasteiger partial charge in [0, 0.05) is 17.8 Å². The highest BCUT2D eigenvalue weighted by Gasteiger charge is 2.20. The largest absolute Gasteiger partial charge is 0.348 e. The van der Waals surface area contributed by atoms with Crippen molar-refractivity contribution in [3.8, 4) is 0 Å². The smallest absolute Gasteiger partial charge is 0.262 e. The van der Waals surface area contributed by atoms with Crippen LogP contribution in [0.4, 0.5) is 5.69 Å². The first-order valence-corrected chi connectivity index (χ1v) is 12.2. The van der Waals surface area contributed by atoms with Crippen molar-refractivity contribution >= 4 is 32.4 Å². The minimum atomic E-state index is -3.86. The molecule has 0 aliphatic rings. The summed E-state index contributed by atoms with van der Waals surface area (Å²) in [7, 11) is -3.86. The number of hydrogen-bond acceptors (Lipinski definition) is 3. The van der Waals surface area contributed by atoms with Crippen LogP contribution in [0.5, 0.6) is 0 Å². The van der Waals surface area contributed by atoms with Crippen LogP contribution >= 0.6 is 0 Å². The standard InChI is InChI=1S/C27H26N2O3S/c1-18-13-19(2)15-24(14-18)29-33(31,32)26-16-22(12-11-20(26)3)27(30)28-17-23-9-6-8-21-7-4-5-10-25(21)23/h4-16,29H,17H2,1-3H3,(H,28,30). The first-order chi connectivity index (χ1) is 15.7. The first-order valence-electron chi connectivity index (χ1n) is 10.7. The zero-order valence-electron chi connectivity index (χ0n) is 18.8. The van der Waals surface area contributed by atoms with Crippen LogP contribution in [0, 0.1) is 20.8 Å². The van der Waals surface area contributed by atoms with Gasteiger partial charge in [-0.3, -0.25) is 9.52 Å². The van der Waals surface area contributed by atoms with E-state index >= 15 is 0 Å². The van der Waals surface area contributed by atoms with Gasteiger partial charge >= 0.3 is 0 Å². The Bertz CT molecular complexity index is 1430. The molecule has 4 rings (SSSR count). The third-order valence-electron chi connectivity index (χ3n) is 5.53. The quantitative estimate of drug-likeness (QED) is 0.401. The molecule has 2 N–H and O–H groups in total. The number of sulfonamides is 1. The number of benzene rings is 4. The van der Waals surface area contributed by atoms with Gasteiger partial charge in [0.2, 0.25) is 0 Å². The van der Waals surface area contributed by atoms with E-state index in [1.807, 2.05) is 62.4 Å². The molecule has 0 bridgehead atoms. The van der Waals surface area contributed by atoms with Gasteiger partial charge in [-0.15, -0.1) is 0 Å². The fourth-order valence-corrected chi connectivity index (χ4v) is 5.31. The molecule has 0 aromatic heterocycles. The van der Waals surface area contributed by atoms with Gasteiger partial charge in [-0.05, 0) is 78.1 Å². The van der Waals surface area contributed by atoms with Crippen LogP contribution in [0.15, 0.2) is 83.8 Å². The summed E-state index contributed by atoms with van der Waals surface area (Å²) in [6, 6.07) is 24.2. The SMILES string of the molecule is Cc1cc(C)cc(NS(=O)(=O)c2cc(C(=O)NCc3cccc4ccccc34)ccc2C)c1. The molecular formula is C27H26N2O3S. The number of amides is 1. The summed E-state index contributed by atoms with van der Waals surface area (Å²) in [4.78, 5) is 12.9. The highest BCUT2D eigenvalue weighted by atomic mass is 32.2. The van der Waals surface area contributed by atoms with Gasteiger partial charge in [-0.25, -0.2) is 8.42 Å². The molecule has 0 saturated carbocycles. The summed E-state index contributed by atoms with van der Waals surface area (Å²) in [6.45, 7) is 5.89. The van der Waals surface area contributed by atoms with E-state index in [1.54, 1.807) is 31.2 Å². The van der Waals surface area contributed by atoms with Crippen molar-refractivity contribution in [2.75, 3.05) is 4.72 Å². The van der Waals surface area contributed by atoms with E-state index in [-0.39, 0.29) is 10.8 Å². The third-order valence-corrected chi connectivity index (χ3v) is 7.06. The second-order valence-corrected chi connectivity index (χ2v) is 9.93. The van der Waals surface area contributed by atoms with E-state index in [0.29, 0.717) is 23.4 Å².